The van der Waals surface area contributed by atoms with Crippen molar-refractivity contribution < 1.29 is 0 Å². The van der Waals surface area contributed by atoms with Crippen LogP contribution in [0, 0.1) is 0 Å². The molecule has 0 unspecified atom stereocenters. The highest BCUT2D eigenvalue weighted by Crippen LogP contribution is 2.27. The molecule has 0 fully saturated rings. The van der Waals surface area contributed by atoms with E-state index in [1.807, 2.05) is 23.6 Å². The summed E-state index contributed by atoms with van der Waals surface area (Å²) < 4.78 is 2.31. The van der Waals surface area contributed by atoms with E-state index in [0.29, 0.717) is 0 Å². The molecule has 3 rings (SSSR count). The fraction of sp³-hybridized carbons (Fsp3) is 0.0833. The van der Waals surface area contributed by atoms with E-state index in [4.69, 9.17) is 0 Å². The van der Waals surface area contributed by atoms with Crippen molar-refractivity contribution >= 4 is 21.4 Å². The van der Waals surface area contributed by atoms with E-state index in [0.717, 1.165) is 21.3 Å². The van der Waals surface area contributed by atoms with Gasteiger partial charge in [0.1, 0.15) is 5.69 Å². The molecular formula is C12H9N3OS. The molecule has 0 radical (unpaired) electrons. The first-order valence-corrected chi connectivity index (χ1v) is 6.00. The average Bonchev–Trinajstić information content (AvgIpc) is 2.84. The molecule has 3 aromatic rings. The van der Waals surface area contributed by atoms with Crippen LogP contribution in [0.3, 0.4) is 0 Å². The summed E-state index contributed by atoms with van der Waals surface area (Å²) >= 11 is 1.54. The topological polar surface area (TPSA) is 47.8 Å². The molecule has 0 aliphatic heterocycles. The second-order valence-electron chi connectivity index (χ2n) is 3.68. The molecular weight excluding hydrogens is 234 g/mol. The highest BCUT2D eigenvalue weighted by atomic mass is 32.1. The van der Waals surface area contributed by atoms with Crippen molar-refractivity contribution in [1.82, 2.24) is 14.8 Å². The van der Waals surface area contributed by atoms with Crippen molar-refractivity contribution in [3.05, 3.63) is 46.3 Å². The zero-order chi connectivity index (χ0) is 11.8. The lowest BCUT2D eigenvalue weighted by Crippen LogP contribution is -2.19. The Kier molecular flexibility index (Phi) is 2.26. The normalized spacial score (nSPS) is 10.9. The van der Waals surface area contributed by atoms with Crippen LogP contribution in [0.15, 0.2) is 40.8 Å². The number of pyridine rings is 1. The minimum atomic E-state index is -0.0564. The predicted molar refractivity (Wildman–Crippen MR) is 68.1 cm³/mol. The van der Waals surface area contributed by atoms with Crippen LogP contribution in [0.1, 0.15) is 0 Å². The number of rotatable bonds is 1. The van der Waals surface area contributed by atoms with Crippen LogP contribution in [0.25, 0.3) is 21.3 Å². The Morgan fingerprint density at radius 3 is 2.76 bits per heavy atom. The predicted octanol–water partition coefficient (Wildman–Crippen LogP) is 2.06. The molecule has 17 heavy (non-hydrogen) atoms. The molecule has 3 heterocycles. The summed E-state index contributed by atoms with van der Waals surface area (Å²) in [5.74, 6) is 0. The van der Waals surface area contributed by atoms with Gasteiger partial charge in [-0.25, -0.2) is 4.68 Å². The second kappa shape index (κ2) is 3.78. The largest absolute Gasteiger partial charge is 0.275 e. The third-order valence-corrected chi connectivity index (χ3v) is 3.53. The summed E-state index contributed by atoms with van der Waals surface area (Å²) in [5, 5.41) is 6.97. The van der Waals surface area contributed by atoms with Gasteiger partial charge in [0.25, 0.3) is 5.56 Å². The smallest absolute Gasteiger partial charge is 0.267 e. The zero-order valence-electron chi connectivity index (χ0n) is 9.12. The van der Waals surface area contributed by atoms with E-state index >= 15 is 0 Å². The highest BCUT2D eigenvalue weighted by Gasteiger charge is 2.11. The number of fused-ring (bicyclic) bond motifs is 1. The van der Waals surface area contributed by atoms with E-state index in [1.54, 1.807) is 19.4 Å². The fourth-order valence-corrected chi connectivity index (χ4v) is 2.67. The molecule has 0 amide bonds. The van der Waals surface area contributed by atoms with Gasteiger partial charge in [-0.1, -0.05) is 0 Å². The van der Waals surface area contributed by atoms with Crippen molar-refractivity contribution in [3.8, 4) is 11.3 Å². The molecule has 0 atom stereocenters. The van der Waals surface area contributed by atoms with E-state index < -0.39 is 0 Å². The van der Waals surface area contributed by atoms with Crippen LogP contribution in [0.5, 0.6) is 0 Å². The van der Waals surface area contributed by atoms with Crippen molar-refractivity contribution in [2.75, 3.05) is 0 Å². The number of aryl methyl sites for hydroxylation is 1. The summed E-state index contributed by atoms with van der Waals surface area (Å²) in [6, 6.07) is 5.63. The van der Waals surface area contributed by atoms with Gasteiger partial charge in [0, 0.05) is 25.0 Å². The number of hydrogen-bond acceptors (Lipinski definition) is 4. The Balaban J connectivity index is 2.42. The summed E-state index contributed by atoms with van der Waals surface area (Å²) in [4.78, 5) is 15.9. The average molecular weight is 243 g/mol. The molecule has 0 spiro atoms. The van der Waals surface area contributed by atoms with Gasteiger partial charge in [0.2, 0.25) is 0 Å². The molecule has 84 valence electrons. The van der Waals surface area contributed by atoms with Crippen molar-refractivity contribution in [1.29, 1.82) is 0 Å². The third kappa shape index (κ3) is 1.55. The maximum absolute atomic E-state index is 11.9. The first kappa shape index (κ1) is 10.2. The van der Waals surface area contributed by atoms with Crippen LogP contribution in [-0.4, -0.2) is 14.8 Å². The lowest BCUT2D eigenvalue weighted by Gasteiger charge is -2.04. The summed E-state index contributed by atoms with van der Waals surface area (Å²) in [7, 11) is 1.67. The Hall–Kier alpha value is -2.01. The van der Waals surface area contributed by atoms with E-state index in [9.17, 15) is 4.79 Å². The maximum Gasteiger partial charge on any atom is 0.275 e. The number of aromatic nitrogens is 3. The number of hydrogen-bond donors (Lipinski definition) is 0. The van der Waals surface area contributed by atoms with Crippen LogP contribution in [0.2, 0.25) is 0 Å². The fourth-order valence-electron chi connectivity index (χ4n) is 1.77. The first-order valence-electron chi connectivity index (χ1n) is 5.12. The summed E-state index contributed by atoms with van der Waals surface area (Å²) in [6.07, 6.45) is 3.45. The molecule has 3 aromatic heterocycles. The van der Waals surface area contributed by atoms with Crippen LogP contribution < -0.4 is 5.56 Å². The summed E-state index contributed by atoms with van der Waals surface area (Å²) in [6.45, 7) is 0. The second-order valence-corrected chi connectivity index (χ2v) is 4.59. The van der Waals surface area contributed by atoms with Gasteiger partial charge in [0.15, 0.2) is 0 Å². The lowest BCUT2D eigenvalue weighted by molar-refractivity contribution is 0.723. The highest BCUT2D eigenvalue weighted by molar-refractivity contribution is 7.17. The molecule has 0 bridgehead atoms. The van der Waals surface area contributed by atoms with Crippen LogP contribution >= 0.6 is 11.3 Å². The monoisotopic (exact) mass is 243 g/mol. The van der Waals surface area contributed by atoms with Gasteiger partial charge in [-0.3, -0.25) is 9.78 Å². The van der Waals surface area contributed by atoms with Gasteiger partial charge in [-0.2, -0.15) is 5.10 Å². The molecule has 0 saturated carbocycles. The Labute approximate surface area is 101 Å². The van der Waals surface area contributed by atoms with E-state index in [1.165, 1.54) is 16.0 Å². The van der Waals surface area contributed by atoms with E-state index in [-0.39, 0.29) is 5.56 Å². The quantitative estimate of drug-likeness (QED) is 0.657. The minimum Gasteiger partial charge on any atom is -0.267 e. The Morgan fingerprint density at radius 1 is 1.24 bits per heavy atom. The van der Waals surface area contributed by atoms with Gasteiger partial charge in [0.05, 0.1) is 10.1 Å². The van der Waals surface area contributed by atoms with E-state index in [2.05, 4.69) is 10.1 Å². The lowest BCUT2D eigenvalue weighted by atomic mass is 10.2. The van der Waals surface area contributed by atoms with Crippen molar-refractivity contribution in [3.63, 3.8) is 0 Å². The Morgan fingerprint density at radius 2 is 2.00 bits per heavy atom. The van der Waals surface area contributed by atoms with Crippen molar-refractivity contribution in [2.45, 2.75) is 0 Å². The SMILES string of the molecule is Cn1nc(-c2ccncc2)c2sccc2c1=O. The molecule has 0 saturated heterocycles. The standard InChI is InChI=1S/C12H9N3OS/c1-15-12(16)9-4-7-17-11(9)10(14-15)8-2-5-13-6-3-8/h2-7H,1H3. The minimum absolute atomic E-state index is 0.0564. The van der Waals surface area contributed by atoms with Gasteiger partial charge < -0.3 is 0 Å². The molecule has 0 aliphatic rings. The Bertz CT molecular complexity index is 730. The number of thiophene rings is 1. The van der Waals surface area contributed by atoms with Gasteiger partial charge >= 0.3 is 0 Å². The number of nitrogens with zero attached hydrogens (tertiary/aromatic N) is 3. The van der Waals surface area contributed by atoms with Crippen molar-refractivity contribution in [2.24, 2.45) is 7.05 Å². The van der Waals surface area contributed by atoms with Gasteiger partial charge in [-0.05, 0) is 23.6 Å². The molecule has 0 aliphatic carbocycles. The molecule has 0 N–H and O–H groups in total. The zero-order valence-corrected chi connectivity index (χ0v) is 9.94. The third-order valence-electron chi connectivity index (χ3n) is 2.61. The van der Waals surface area contributed by atoms with Gasteiger partial charge in [-0.15, -0.1) is 11.3 Å². The van der Waals surface area contributed by atoms with Crippen LogP contribution in [0.4, 0.5) is 0 Å². The maximum atomic E-state index is 11.9. The summed E-state index contributed by atoms with van der Waals surface area (Å²) in [5.41, 5.74) is 1.75. The molecule has 5 heteroatoms. The first-order chi connectivity index (χ1) is 8.27. The molecule has 4 nitrogen and oxygen atoms in total. The van der Waals surface area contributed by atoms with Crippen LogP contribution in [-0.2, 0) is 7.05 Å². The molecule has 0 aromatic carbocycles.